The highest BCUT2D eigenvalue weighted by Crippen LogP contribution is 2.20. The third-order valence-electron chi connectivity index (χ3n) is 4.26. The number of nitrogens with one attached hydrogen (secondary N) is 3. The van der Waals surface area contributed by atoms with E-state index in [2.05, 4.69) is 16.0 Å². The van der Waals surface area contributed by atoms with Gasteiger partial charge in [0.25, 0.3) is 5.91 Å². The zero-order valence-corrected chi connectivity index (χ0v) is 16.0. The molecular weight excluding hydrogens is 350 g/mol. The first-order valence-electron chi connectivity index (χ1n) is 8.56. The molecular formula is C20H24ClN3O2. The Morgan fingerprint density at radius 2 is 1.81 bits per heavy atom. The van der Waals surface area contributed by atoms with Crippen LogP contribution in [0.3, 0.4) is 0 Å². The summed E-state index contributed by atoms with van der Waals surface area (Å²) in [6.07, 6.45) is 0.776. The van der Waals surface area contributed by atoms with E-state index < -0.39 is 0 Å². The molecule has 0 radical (unpaired) electrons. The first kappa shape index (κ1) is 19.8. The van der Waals surface area contributed by atoms with Crippen LogP contribution in [-0.2, 0) is 4.79 Å². The van der Waals surface area contributed by atoms with Gasteiger partial charge in [-0.1, -0.05) is 36.7 Å². The zero-order chi connectivity index (χ0) is 19.1. The van der Waals surface area contributed by atoms with Crippen LogP contribution in [0.4, 0.5) is 5.69 Å². The van der Waals surface area contributed by atoms with Gasteiger partial charge in [0.1, 0.15) is 0 Å². The number of hydrogen-bond acceptors (Lipinski definition) is 3. The summed E-state index contributed by atoms with van der Waals surface area (Å²) in [6.45, 7) is 4.00. The fourth-order valence-electron chi connectivity index (χ4n) is 2.74. The van der Waals surface area contributed by atoms with Crippen molar-refractivity contribution < 1.29 is 9.59 Å². The van der Waals surface area contributed by atoms with Crippen molar-refractivity contribution >= 4 is 29.1 Å². The molecule has 6 heteroatoms. The van der Waals surface area contributed by atoms with E-state index in [1.54, 1.807) is 19.2 Å². The summed E-state index contributed by atoms with van der Waals surface area (Å²) in [5.74, 6) is -0.263. The van der Waals surface area contributed by atoms with Gasteiger partial charge in [-0.05, 0) is 48.7 Å². The predicted octanol–water partition coefficient (Wildman–Crippen LogP) is 3.69. The molecule has 0 fully saturated rings. The lowest BCUT2D eigenvalue weighted by Gasteiger charge is -2.18. The number of benzene rings is 2. The molecule has 0 aliphatic carbocycles. The van der Waals surface area contributed by atoms with Gasteiger partial charge in [0.2, 0.25) is 5.91 Å². The summed E-state index contributed by atoms with van der Waals surface area (Å²) in [6, 6.07) is 12.8. The second kappa shape index (κ2) is 9.25. The number of carbonyl (C=O) groups excluding carboxylic acids is 2. The average molecular weight is 374 g/mol. The van der Waals surface area contributed by atoms with E-state index in [0.29, 0.717) is 10.6 Å². The van der Waals surface area contributed by atoms with Crippen LogP contribution in [0, 0.1) is 6.92 Å². The maximum atomic E-state index is 12.3. The molecule has 0 heterocycles. The highest BCUT2D eigenvalue weighted by atomic mass is 35.5. The topological polar surface area (TPSA) is 70.2 Å². The second-order valence-electron chi connectivity index (χ2n) is 5.99. The fraction of sp³-hybridized carbons (Fsp3) is 0.300. The summed E-state index contributed by atoms with van der Waals surface area (Å²) in [4.78, 5) is 24.2. The third-order valence-corrected chi connectivity index (χ3v) is 4.51. The van der Waals surface area contributed by atoms with Crippen LogP contribution in [0.5, 0.6) is 0 Å². The molecule has 5 nitrogen and oxygen atoms in total. The quantitative estimate of drug-likeness (QED) is 0.693. The van der Waals surface area contributed by atoms with Gasteiger partial charge in [-0.25, -0.2) is 0 Å². The van der Waals surface area contributed by atoms with E-state index >= 15 is 0 Å². The van der Waals surface area contributed by atoms with Crippen LogP contribution < -0.4 is 16.0 Å². The molecule has 2 aromatic rings. The van der Waals surface area contributed by atoms with Gasteiger partial charge in [0, 0.05) is 23.3 Å². The number of anilines is 1. The van der Waals surface area contributed by atoms with Gasteiger partial charge >= 0.3 is 0 Å². The van der Waals surface area contributed by atoms with Gasteiger partial charge in [-0.2, -0.15) is 0 Å². The third kappa shape index (κ3) is 4.99. The van der Waals surface area contributed by atoms with Crippen molar-refractivity contribution in [2.45, 2.75) is 26.3 Å². The van der Waals surface area contributed by atoms with Crippen molar-refractivity contribution in [1.82, 2.24) is 10.6 Å². The lowest BCUT2D eigenvalue weighted by atomic mass is 10.0. The number of amides is 2. The Morgan fingerprint density at radius 3 is 2.42 bits per heavy atom. The van der Waals surface area contributed by atoms with Crippen molar-refractivity contribution in [2.24, 2.45) is 0 Å². The minimum Gasteiger partial charge on any atom is -0.376 e. The maximum absolute atomic E-state index is 12.3. The Balaban J connectivity index is 2.00. The van der Waals surface area contributed by atoms with Gasteiger partial charge < -0.3 is 16.0 Å². The summed E-state index contributed by atoms with van der Waals surface area (Å²) < 4.78 is 0. The summed E-state index contributed by atoms with van der Waals surface area (Å²) >= 11 is 5.92. The van der Waals surface area contributed by atoms with E-state index in [-0.39, 0.29) is 24.4 Å². The molecule has 138 valence electrons. The smallest absolute Gasteiger partial charge is 0.251 e. The number of halogens is 1. The van der Waals surface area contributed by atoms with Crippen molar-refractivity contribution in [1.29, 1.82) is 0 Å². The van der Waals surface area contributed by atoms with Crippen LogP contribution in [-0.4, -0.2) is 25.4 Å². The van der Waals surface area contributed by atoms with Gasteiger partial charge in [-0.3, -0.25) is 9.59 Å². The van der Waals surface area contributed by atoms with Crippen LogP contribution in [0.15, 0.2) is 42.5 Å². The lowest BCUT2D eigenvalue weighted by Crippen LogP contribution is -2.33. The molecule has 0 aliphatic rings. The first-order valence-corrected chi connectivity index (χ1v) is 8.94. The van der Waals surface area contributed by atoms with Gasteiger partial charge in [0.05, 0.1) is 12.6 Å². The van der Waals surface area contributed by atoms with E-state index in [0.717, 1.165) is 23.2 Å². The number of hydrogen-bond donors (Lipinski definition) is 3. The van der Waals surface area contributed by atoms with Crippen LogP contribution in [0.25, 0.3) is 0 Å². The molecule has 2 rings (SSSR count). The van der Waals surface area contributed by atoms with Crippen molar-refractivity contribution in [3.63, 3.8) is 0 Å². The first-order chi connectivity index (χ1) is 12.5. The molecule has 2 amide bonds. The van der Waals surface area contributed by atoms with E-state index in [1.807, 2.05) is 44.2 Å². The van der Waals surface area contributed by atoms with E-state index in [4.69, 9.17) is 11.6 Å². The Hall–Kier alpha value is -2.53. The predicted molar refractivity (Wildman–Crippen MR) is 106 cm³/mol. The molecule has 0 aliphatic heterocycles. The zero-order valence-electron chi connectivity index (χ0n) is 15.2. The largest absolute Gasteiger partial charge is 0.376 e. The highest BCUT2D eigenvalue weighted by Gasteiger charge is 2.14. The molecule has 0 bridgehead atoms. The molecule has 2 aromatic carbocycles. The number of rotatable bonds is 7. The van der Waals surface area contributed by atoms with E-state index in [1.165, 1.54) is 0 Å². The molecule has 0 saturated heterocycles. The molecule has 3 N–H and O–H groups in total. The minimum absolute atomic E-state index is 0.0696. The molecule has 0 spiro atoms. The van der Waals surface area contributed by atoms with Crippen molar-refractivity contribution in [3.05, 3.63) is 64.2 Å². The normalized spacial score (nSPS) is 11.5. The molecule has 0 saturated carbocycles. The SMILES string of the molecule is CCC(NC(=O)CNc1cccc(C(=O)NC)c1C)c1ccc(Cl)cc1. The minimum atomic E-state index is -0.149. The van der Waals surface area contributed by atoms with E-state index in [9.17, 15) is 9.59 Å². The van der Waals surface area contributed by atoms with Gasteiger partial charge in [0.15, 0.2) is 0 Å². The van der Waals surface area contributed by atoms with Crippen molar-refractivity contribution in [3.8, 4) is 0 Å². The molecule has 1 unspecified atom stereocenters. The Bertz CT molecular complexity index is 775. The second-order valence-corrected chi connectivity index (χ2v) is 6.43. The Kier molecular flexibility index (Phi) is 7.04. The maximum Gasteiger partial charge on any atom is 0.251 e. The Labute approximate surface area is 159 Å². The highest BCUT2D eigenvalue weighted by molar-refractivity contribution is 6.30. The summed E-state index contributed by atoms with van der Waals surface area (Å²) in [5, 5.41) is 9.41. The van der Waals surface area contributed by atoms with Crippen LogP contribution >= 0.6 is 11.6 Å². The molecule has 1 atom stereocenters. The summed E-state index contributed by atoms with van der Waals surface area (Å²) in [7, 11) is 1.59. The molecule has 0 aromatic heterocycles. The number of carbonyl (C=O) groups is 2. The van der Waals surface area contributed by atoms with Crippen molar-refractivity contribution in [2.75, 3.05) is 18.9 Å². The van der Waals surface area contributed by atoms with Gasteiger partial charge in [-0.15, -0.1) is 0 Å². The summed E-state index contributed by atoms with van der Waals surface area (Å²) in [5.41, 5.74) is 3.18. The Morgan fingerprint density at radius 1 is 1.12 bits per heavy atom. The lowest BCUT2D eigenvalue weighted by molar-refractivity contribution is -0.120. The standard InChI is InChI=1S/C20H24ClN3O2/c1-4-17(14-8-10-15(21)11-9-14)24-19(25)12-23-18-7-5-6-16(13(18)2)20(26)22-3/h5-11,17,23H,4,12H2,1-3H3,(H,22,26)(H,24,25). The average Bonchev–Trinajstić information content (AvgIpc) is 2.65. The molecule has 26 heavy (non-hydrogen) atoms. The van der Waals surface area contributed by atoms with Crippen LogP contribution in [0.2, 0.25) is 5.02 Å². The monoisotopic (exact) mass is 373 g/mol. The van der Waals surface area contributed by atoms with Crippen LogP contribution in [0.1, 0.15) is 40.9 Å². The fourth-order valence-corrected chi connectivity index (χ4v) is 2.87.